The van der Waals surface area contributed by atoms with E-state index in [0.29, 0.717) is 37.6 Å². The molecule has 2 aromatic carbocycles. The van der Waals surface area contributed by atoms with Crippen molar-refractivity contribution in [3.63, 3.8) is 0 Å². The molecule has 0 aromatic heterocycles. The third-order valence-corrected chi connectivity index (χ3v) is 5.25. The van der Waals surface area contributed by atoms with Crippen molar-refractivity contribution in [3.05, 3.63) is 70.5 Å². The van der Waals surface area contributed by atoms with Crippen LogP contribution in [0.4, 0.5) is 4.39 Å². The van der Waals surface area contributed by atoms with Gasteiger partial charge in [0.2, 0.25) is 5.91 Å². The Morgan fingerprint density at radius 3 is 2.67 bits per heavy atom. The second-order valence-electron chi connectivity index (χ2n) is 7.37. The maximum atomic E-state index is 13.4. The highest BCUT2D eigenvalue weighted by Crippen LogP contribution is 2.19. The molecule has 0 spiro atoms. The molecule has 7 heteroatoms. The van der Waals surface area contributed by atoms with Gasteiger partial charge in [-0.05, 0) is 48.1 Å². The van der Waals surface area contributed by atoms with Crippen LogP contribution in [0.3, 0.4) is 0 Å². The molecule has 2 aromatic rings. The highest BCUT2D eigenvalue weighted by atomic mass is 127. The van der Waals surface area contributed by atoms with Crippen LogP contribution in [0.5, 0.6) is 0 Å². The number of amides is 1. The number of benzene rings is 2. The lowest BCUT2D eigenvalue weighted by Crippen LogP contribution is -2.38. The molecule has 0 saturated carbocycles. The van der Waals surface area contributed by atoms with Crippen LogP contribution in [0.25, 0.3) is 0 Å². The third-order valence-electron chi connectivity index (χ3n) is 5.25. The largest absolute Gasteiger partial charge is 0.356 e. The van der Waals surface area contributed by atoms with E-state index in [4.69, 9.17) is 0 Å². The Labute approximate surface area is 195 Å². The van der Waals surface area contributed by atoms with Crippen LogP contribution in [0.2, 0.25) is 0 Å². The highest BCUT2D eigenvalue weighted by Gasteiger charge is 2.19. The van der Waals surface area contributed by atoms with Crippen molar-refractivity contribution < 1.29 is 9.18 Å². The number of aryl methyl sites for hydroxylation is 1. The molecule has 1 aliphatic heterocycles. The second kappa shape index (κ2) is 11.9. The Balaban J connectivity index is 0.00000320. The summed E-state index contributed by atoms with van der Waals surface area (Å²) in [5.74, 6) is 0.676. The Morgan fingerprint density at radius 2 is 1.93 bits per heavy atom. The maximum Gasteiger partial charge on any atom is 0.222 e. The monoisotopic (exact) mass is 524 g/mol. The predicted octanol–water partition coefficient (Wildman–Crippen LogP) is 3.78. The molecule has 0 radical (unpaired) electrons. The summed E-state index contributed by atoms with van der Waals surface area (Å²) in [4.78, 5) is 18.7. The van der Waals surface area contributed by atoms with Crippen LogP contribution >= 0.6 is 24.0 Å². The summed E-state index contributed by atoms with van der Waals surface area (Å²) in [7, 11) is 1.71. The van der Waals surface area contributed by atoms with Crippen molar-refractivity contribution in [3.8, 4) is 0 Å². The maximum absolute atomic E-state index is 13.4. The van der Waals surface area contributed by atoms with E-state index in [1.54, 1.807) is 20.0 Å². The van der Waals surface area contributed by atoms with Gasteiger partial charge in [0.1, 0.15) is 5.82 Å². The first-order valence-corrected chi connectivity index (χ1v) is 10.1. The number of rotatable bonds is 6. The Morgan fingerprint density at radius 1 is 1.17 bits per heavy atom. The molecule has 1 aliphatic rings. The standard InChI is InChI=1S/C23H29FN4O.HI/c1-17-14-18(9-10-21(17)24)15-27-23(25-2)26-12-5-8-22(29)28-13-11-19-6-3-4-7-20(19)16-28;/h3-4,6-7,9-10,14H,5,8,11-13,15-16H2,1-2H3,(H2,25,26,27);1H. The van der Waals surface area contributed by atoms with Gasteiger partial charge in [-0.25, -0.2) is 4.39 Å². The predicted molar refractivity (Wildman–Crippen MR) is 130 cm³/mol. The number of hydrogen-bond acceptors (Lipinski definition) is 2. The van der Waals surface area contributed by atoms with Crippen molar-refractivity contribution in [2.75, 3.05) is 20.1 Å². The number of halogens is 2. The van der Waals surface area contributed by atoms with Gasteiger partial charge in [-0.3, -0.25) is 9.79 Å². The molecule has 0 atom stereocenters. The van der Waals surface area contributed by atoms with E-state index < -0.39 is 0 Å². The quantitative estimate of drug-likeness (QED) is 0.262. The first kappa shape index (κ1) is 24.1. The zero-order valence-corrected chi connectivity index (χ0v) is 19.9. The number of nitrogens with zero attached hydrogens (tertiary/aromatic N) is 2. The van der Waals surface area contributed by atoms with E-state index in [1.807, 2.05) is 17.0 Å². The van der Waals surface area contributed by atoms with Crippen molar-refractivity contribution >= 4 is 35.8 Å². The van der Waals surface area contributed by atoms with Crippen molar-refractivity contribution in [2.24, 2.45) is 4.99 Å². The lowest BCUT2D eigenvalue weighted by atomic mass is 9.99. The van der Waals surface area contributed by atoms with Crippen LogP contribution in [-0.2, 0) is 24.3 Å². The minimum Gasteiger partial charge on any atom is -0.356 e. The van der Waals surface area contributed by atoms with E-state index in [1.165, 1.54) is 17.2 Å². The molecule has 0 unspecified atom stereocenters. The van der Waals surface area contributed by atoms with Gasteiger partial charge in [-0.15, -0.1) is 24.0 Å². The molecular formula is C23H30FIN4O. The van der Waals surface area contributed by atoms with Crippen LogP contribution in [-0.4, -0.2) is 36.9 Å². The molecule has 1 amide bonds. The van der Waals surface area contributed by atoms with Gasteiger partial charge < -0.3 is 15.5 Å². The first-order valence-electron chi connectivity index (χ1n) is 10.1. The number of guanidine groups is 1. The van der Waals surface area contributed by atoms with E-state index in [-0.39, 0.29) is 35.7 Å². The van der Waals surface area contributed by atoms with Gasteiger partial charge in [0.15, 0.2) is 5.96 Å². The molecule has 0 fully saturated rings. The SMILES string of the molecule is CN=C(NCCCC(=O)N1CCc2ccccc2C1)NCc1ccc(F)c(C)c1.I. The molecule has 0 bridgehead atoms. The summed E-state index contributed by atoms with van der Waals surface area (Å²) in [5.41, 5.74) is 4.23. The molecule has 1 heterocycles. The number of hydrogen-bond donors (Lipinski definition) is 2. The summed E-state index contributed by atoms with van der Waals surface area (Å²) in [6, 6.07) is 13.4. The van der Waals surface area contributed by atoms with Crippen LogP contribution in [0.1, 0.15) is 35.1 Å². The molecule has 5 nitrogen and oxygen atoms in total. The van der Waals surface area contributed by atoms with Gasteiger partial charge in [0.25, 0.3) is 0 Å². The molecule has 0 aliphatic carbocycles. The highest BCUT2D eigenvalue weighted by molar-refractivity contribution is 14.0. The molecule has 30 heavy (non-hydrogen) atoms. The number of aliphatic imine (C=N–C) groups is 1. The second-order valence-corrected chi connectivity index (χ2v) is 7.37. The lowest BCUT2D eigenvalue weighted by Gasteiger charge is -2.29. The van der Waals surface area contributed by atoms with Crippen LogP contribution in [0.15, 0.2) is 47.5 Å². The van der Waals surface area contributed by atoms with Crippen LogP contribution in [0, 0.1) is 12.7 Å². The fraction of sp³-hybridized carbons (Fsp3) is 0.391. The molecule has 2 N–H and O–H groups in total. The van der Waals surface area contributed by atoms with Gasteiger partial charge in [0.05, 0.1) is 0 Å². The zero-order valence-electron chi connectivity index (χ0n) is 17.6. The van der Waals surface area contributed by atoms with Gasteiger partial charge in [-0.2, -0.15) is 0 Å². The smallest absolute Gasteiger partial charge is 0.222 e. The van der Waals surface area contributed by atoms with Gasteiger partial charge >= 0.3 is 0 Å². The average Bonchev–Trinajstić information content (AvgIpc) is 2.75. The fourth-order valence-electron chi connectivity index (χ4n) is 3.54. The number of carbonyl (C=O) groups excluding carboxylic acids is 1. The number of nitrogens with one attached hydrogen (secondary N) is 2. The van der Waals surface area contributed by atoms with E-state index >= 15 is 0 Å². The van der Waals surface area contributed by atoms with Crippen LogP contribution < -0.4 is 10.6 Å². The molecule has 3 rings (SSSR count). The molecule has 162 valence electrons. The summed E-state index contributed by atoms with van der Waals surface area (Å²) in [5, 5.41) is 6.45. The van der Waals surface area contributed by atoms with E-state index in [0.717, 1.165) is 24.9 Å². The number of carbonyl (C=O) groups is 1. The number of fused-ring (bicyclic) bond motifs is 1. The third kappa shape index (κ3) is 6.68. The normalized spacial score (nSPS) is 13.3. The van der Waals surface area contributed by atoms with Gasteiger partial charge in [0, 0.05) is 39.6 Å². The first-order chi connectivity index (χ1) is 14.1. The minimum absolute atomic E-state index is 0. The fourth-order valence-corrected chi connectivity index (χ4v) is 3.54. The van der Waals surface area contributed by atoms with Gasteiger partial charge in [-0.1, -0.05) is 36.4 Å². The Kier molecular flexibility index (Phi) is 9.55. The molecule has 0 saturated heterocycles. The van der Waals surface area contributed by atoms with Crippen molar-refractivity contribution in [1.29, 1.82) is 0 Å². The lowest BCUT2D eigenvalue weighted by molar-refractivity contribution is -0.132. The van der Waals surface area contributed by atoms with E-state index in [9.17, 15) is 9.18 Å². The van der Waals surface area contributed by atoms with E-state index in [2.05, 4.69) is 33.8 Å². The van der Waals surface area contributed by atoms with Crippen molar-refractivity contribution in [1.82, 2.24) is 15.5 Å². The summed E-state index contributed by atoms with van der Waals surface area (Å²) >= 11 is 0. The zero-order chi connectivity index (χ0) is 20.6. The topological polar surface area (TPSA) is 56.7 Å². The Hall–Kier alpha value is -2.16. The van der Waals surface area contributed by atoms with Crippen molar-refractivity contribution in [2.45, 2.75) is 39.3 Å². The minimum atomic E-state index is -0.196. The summed E-state index contributed by atoms with van der Waals surface area (Å²) in [6.45, 7) is 4.49. The summed E-state index contributed by atoms with van der Waals surface area (Å²) in [6.07, 6.45) is 2.19. The average molecular weight is 524 g/mol. The molecular weight excluding hydrogens is 494 g/mol. The Bertz CT molecular complexity index is 887. The summed E-state index contributed by atoms with van der Waals surface area (Å²) < 4.78 is 13.4.